The van der Waals surface area contributed by atoms with Crippen molar-refractivity contribution in [2.24, 2.45) is 5.92 Å². The zero-order valence-corrected chi connectivity index (χ0v) is 8.81. The molecule has 0 fully saturated rings. The largest absolute Gasteiger partial charge is 0.526 e. The van der Waals surface area contributed by atoms with E-state index in [1.165, 1.54) is 0 Å². The Morgan fingerprint density at radius 2 is 2.20 bits per heavy atom. The second kappa shape index (κ2) is 4.28. The van der Waals surface area contributed by atoms with Gasteiger partial charge in [-0.3, -0.25) is 0 Å². The summed E-state index contributed by atoms with van der Waals surface area (Å²) in [6.45, 7) is 7.71. The number of hydrogen-bond acceptors (Lipinski definition) is 2. The minimum absolute atomic E-state index is 0.236. The molecule has 0 aromatic rings. The Labute approximate surface area is 64.8 Å². The van der Waals surface area contributed by atoms with Gasteiger partial charge in [0.05, 0.1) is 0 Å². The standard InChI is InChI=1S/C7H14O2Si/c1-5(2)4-6(3)7(8)9-10/h5H,3-4H2,1-2,10H3. The molecule has 3 heteroatoms. The van der Waals surface area contributed by atoms with Crippen molar-refractivity contribution in [2.75, 3.05) is 0 Å². The predicted octanol–water partition coefficient (Wildman–Crippen LogP) is 0.412. The van der Waals surface area contributed by atoms with Gasteiger partial charge in [-0.1, -0.05) is 20.4 Å². The Morgan fingerprint density at radius 3 is 2.50 bits per heavy atom. The van der Waals surface area contributed by atoms with Crippen LogP contribution in [-0.4, -0.2) is 16.5 Å². The van der Waals surface area contributed by atoms with Gasteiger partial charge in [-0.15, -0.1) is 0 Å². The topological polar surface area (TPSA) is 26.3 Å². The van der Waals surface area contributed by atoms with E-state index in [2.05, 4.69) is 11.0 Å². The zero-order chi connectivity index (χ0) is 8.15. The van der Waals surface area contributed by atoms with E-state index >= 15 is 0 Å². The number of carbonyl (C=O) groups excluding carboxylic acids is 1. The molecule has 0 spiro atoms. The lowest BCUT2D eigenvalue weighted by molar-refractivity contribution is -0.130. The lowest BCUT2D eigenvalue weighted by Gasteiger charge is -2.05. The highest BCUT2D eigenvalue weighted by Crippen LogP contribution is 2.08. The first-order valence-electron chi connectivity index (χ1n) is 3.34. The summed E-state index contributed by atoms with van der Waals surface area (Å²) in [6, 6.07) is 0. The van der Waals surface area contributed by atoms with Crippen molar-refractivity contribution in [3.8, 4) is 0 Å². The minimum Gasteiger partial charge on any atom is -0.526 e. The van der Waals surface area contributed by atoms with Crippen LogP contribution in [0.1, 0.15) is 20.3 Å². The maximum absolute atomic E-state index is 10.8. The highest BCUT2D eigenvalue weighted by atomic mass is 28.2. The van der Waals surface area contributed by atoms with Crippen molar-refractivity contribution in [3.63, 3.8) is 0 Å². The van der Waals surface area contributed by atoms with Gasteiger partial charge >= 0.3 is 5.97 Å². The van der Waals surface area contributed by atoms with Gasteiger partial charge in [0.2, 0.25) is 10.5 Å². The Balaban J connectivity index is 3.74. The summed E-state index contributed by atoms with van der Waals surface area (Å²) in [7, 11) is 0.461. The van der Waals surface area contributed by atoms with E-state index in [4.69, 9.17) is 0 Å². The van der Waals surface area contributed by atoms with Crippen LogP contribution in [0.5, 0.6) is 0 Å². The maximum Gasteiger partial charge on any atom is 0.319 e. The Morgan fingerprint density at radius 1 is 1.70 bits per heavy atom. The zero-order valence-electron chi connectivity index (χ0n) is 6.81. The van der Waals surface area contributed by atoms with Crippen LogP contribution in [0.2, 0.25) is 0 Å². The molecule has 0 atom stereocenters. The first-order chi connectivity index (χ1) is 4.57. The lowest BCUT2D eigenvalue weighted by atomic mass is 10.1. The molecule has 58 valence electrons. The van der Waals surface area contributed by atoms with Gasteiger partial charge in [-0.25, -0.2) is 4.79 Å². The fraction of sp³-hybridized carbons (Fsp3) is 0.571. The van der Waals surface area contributed by atoms with Crippen molar-refractivity contribution in [3.05, 3.63) is 12.2 Å². The van der Waals surface area contributed by atoms with E-state index < -0.39 is 0 Å². The first kappa shape index (κ1) is 9.43. The van der Waals surface area contributed by atoms with Gasteiger partial charge in [0, 0.05) is 5.57 Å². The van der Waals surface area contributed by atoms with Crippen LogP contribution in [0.25, 0.3) is 0 Å². The fourth-order valence-corrected chi connectivity index (χ4v) is 1.01. The molecule has 0 saturated heterocycles. The third-order valence-electron chi connectivity index (χ3n) is 1.13. The Hall–Kier alpha value is -0.573. The molecule has 0 saturated carbocycles. The molecule has 0 radical (unpaired) electrons. The Kier molecular flexibility index (Phi) is 4.03. The van der Waals surface area contributed by atoms with Gasteiger partial charge in [-0.05, 0) is 12.3 Å². The number of rotatable bonds is 3. The van der Waals surface area contributed by atoms with Crippen molar-refractivity contribution in [1.82, 2.24) is 0 Å². The van der Waals surface area contributed by atoms with Crippen LogP contribution in [0.4, 0.5) is 0 Å². The first-order valence-corrected chi connectivity index (χ1v) is 4.15. The van der Waals surface area contributed by atoms with Crippen molar-refractivity contribution >= 4 is 16.5 Å². The summed E-state index contributed by atoms with van der Waals surface area (Å²) >= 11 is 0. The highest BCUT2D eigenvalue weighted by Gasteiger charge is 2.06. The fourth-order valence-electron chi connectivity index (χ4n) is 0.720. The molecule has 0 N–H and O–H groups in total. The van der Waals surface area contributed by atoms with Crippen molar-refractivity contribution in [1.29, 1.82) is 0 Å². The van der Waals surface area contributed by atoms with E-state index in [0.717, 1.165) is 6.42 Å². The summed E-state index contributed by atoms with van der Waals surface area (Å²) < 4.78 is 4.61. The van der Waals surface area contributed by atoms with Crippen LogP contribution >= 0.6 is 0 Å². The minimum atomic E-state index is -0.236. The summed E-state index contributed by atoms with van der Waals surface area (Å²) in [5, 5.41) is 0. The SMILES string of the molecule is C=C(CC(C)C)C(=O)O[SiH3]. The molecule has 2 nitrogen and oxygen atoms in total. The predicted molar refractivity (Wildman–Crippen MR) is 44.6 cm³/mol. The molecule has 0 unspecified atom stereocenters. The van der Waals surface area contributed by atoms with Crippen molar-refractivity contribution < 1.29 is 9.22 Å². The number of hydrogen-bond donors (Lipinski definition) is 0. The molecule has 0 aromatic heterocycles. The molecule has 0 amide bonds. The Bertz CT molecular complexity index is 141. The van der Waals surface area contributed by atoms with Crippen LogP contribution < -0.4 is 0 Å². The maximum atomic E-state index is 10.8. The van der Waals surface area contributed by atoms with E-state index in [0.29, 0.717) is 22.0 Å². The third-order valence-corrected chi connectivity index (χ3v) is 1.50. The smallest absolute Gasteiger partial charge is 0.319 e. The molecule has 0 aliphatic carbocycles. The van der Waals surface area contributed by atoms with E-state index in [9.17, 15) is 4.79 Å². The monoisotopic (exact) mass is 158 g/mol. The molecular weight excluding hydrogens is 144 g/mol. The van der Waals surface area contributed by atoms with Crippen LogP contribution in [0.15, 0.2) is 12.2 Å². The van der Waals surface area contributed by atoms with Crippen LogP contribution in [0, 0.1) is 5.92 Å². The molecule has 0 aliphatic rings. The van der Waals surface area contributed by atoms with E-state index in [-0.39, 0.29) is 5.97 Å². The quantitative estimate of drug-likeness (QED) is 0.439. The highest BCUT2D eigenvalue weighted by molar-refractivity contribution is 6.09. The average molecular weight is 158 g/mol. The molecule has 0 heterocycles. The summed E-state index contributed by atoms with van der Waals surface area (Å²) in [5.74, 6) is 0.244. The molecular formula is C7H14O2Si. The number of carbonyl (C=O) groups is 1. The summed E-state index contributed by atoms with van der Waals surface area (Å²) in [4.78, 5) is 10.8. The van der Waals surface area contributed by atoms with Crippen LogP contribution in [0.3, 0.4) is 0 Å². The van der Waals surface area contributed by atoms with Gasteiger partial charge in [0.25, 0.3) is 0 Å². The van der Waals surface area contributed by atoms with E-state index in [1.807, 2.05) is 13.8 Å². The molecule has 0 aliphatic heterocycles. The molecule has 0 rings (SSSR count). The molecule has 10 heavy (non-hydrogen) atoms. The van der Waals surface area contributed by atoms with Crippen molar-refractivity contribution in [2.45, 2.75) is 20.3 Å². The van der Waals surface area contributed by atoms with Gasteiger partial charge in [-0.2, -0.15) is 0 Å². The summed E-state index contributed by atoms with van der Waals surface area (Å²) in [6.07, 6.45) is 0.737. The third kappa shape index (κ3) is 3.45. The lowest BCUT2D eigenvalue weighted by Crippen LogP contribution is -2.06. The second-order valence-corrected chi connectivity index (χ2v) is 3.10. The van der Waals surface area contributed by atoms with E-state index in [1.54, 1.807) is 0 Å². The van der Waals surface area contributed by atoms with Gasteiger partial charge in [0.15, 0.2) is 0 Å². The van der Waals surface area contributed by atoms with Crippen LogP contribution in [-0.2, 0) is 9.22 Å². The molecule has 0 bridgehead atoms. The van der Waals surface area contributed by atoms with Gasteiger partial charge < -0.3 is 4.43 Å². The van der Waals surface area contributed by atoms with Gasteiger partial charge in [0.1, 0.15) is 0 Å². The normalized spacial score (nSPS) is 9.90. The summed E-state index contributed by atoms with van der Waals surface area (Å²) in [5.41, 5.74) is 0.588. The average Bonchev–Trinajstić information content (AvgIpc) is 1.85. The second-order valence-electron chi connectivity index (χ2n) is 2.69. The molecule has 0 aromatic carbocycles.